The summed E-state index contributed by atoms with van der Waals surface area (Å²) in [5, 5.41) is 18.0. The third kappa shape index (κ3) is 3.01. The summed E-state index contributed by atoms with van der Waals surface area (Å²) in [5.74, 6) is 0. The molecular weight excluding hydrogens is 238 g/mol. The molecule has 4 nitrogen and oxygen atoms in total. The molecule has 0 saturated heterocycles. The van der Waals surface area contributed by atoms with Crippen molar-refractivity contribution in [3.8, 4) is 0 Å². The fourth-order valence-corrected chi connectivity index (χ4v) is 2.28. The number of aliphatic hydroxyl groups is 1. The largest absolute Gasteiger partial charge is 0.384 e. The smallest absolute Gasteiger partial charge is 0.114 e. The van der Waals surface area contributed by atoms with Crippen molar-refractivity contribution in [1.82, 2.24) is 15.0 Å². The second-order valence-electron chi connectivity index (χ2n) is 5.74. The second-order valence-corrected chi connectivity index (χ2v) is 5.74. The average Bonchev–Trinajstić information content (AvgIpc) is 2.71. The quantitative estimate of drug-likeness (QED) is 0.921. The Kier molecular flexibility index (Phi) is 3.45. The van der Waals surface area contributed by atoms with Crippen molar-refractivity contribution >= 4 is 0 Å². The van der Waals surface area contributed by atoms with Crippen molar-refractivity contribution < 1.29 is 5.11 Å². The summed E-state index contributed by atoms with van der Waals surface area (Å²) in [6.07, 6.45) is 1.80. The molecule has 0 unspecified atom stereocenters. The van der Waals surface area contributed by atoms with Gasteiger partial charge in [-0.1, -0.05) is 22.9 Å². The van der Waals surface area contributed by atoms with Crippen LogP contribution in [0.3, 0.4) is 0 Å². The van der Waals surface area contributed by atoms with Gasteiger partial charge >= 0.3 is 0 Å². The first-order chi connectivity index (χ1) is 8.77. The Bertz CT molecular complexity index is 571. The summed E-state index contributed by atoms with van der Waals surface area (Å²) in [4.78, 5) is 0. The van der Waals surface area contributed by atoms with Crippen LogP contribution in [0, 0.1) is 20.8 Å². The van der Waals surface area contributed by atoms with Gasteiger partial charge in [0, 0.05) is 0 Å². The van der Waals surface area contributed by atoms with Gasteiger partial charge in [0.25, 0.3) is 0 Å². The van der Waals surface area contributed by atoms with Gasteiger partial charge in [-0.25, -0.2) is 4.68 Å². The highest BCUT2D eigenvalue weighted by atomic mass is 16.3. The number of hydrogen-bond donors (Lipinski definition) is 1. The maximum Gasteiger partial charge on any atom is 0.114 e. The molecule has 1 aromatic carbocycles. The first kappa shape index (κ1) is 13.7. The maximum atomic E-state index is 9.90. The van der Waals surface area contributed by atoms with Gasteiger partial charge < -0.3 is 5.11 Å². The van der Waals surface area contributed by atoms with E-state index in [1.54, 1.807) is 24.7 Å². The Morgan fingerprint density at radius 1 is 1.16 bits per heavy atom. The van der Waals surface area contributed by atoms with Gasteiger partial charge in [-0.05, 0) is 51.3 Å². The van der Waals surface area contributed by atoms with Gasteiger partial charge in [-0.3, -0.25) is 0 Å². The normalized spacial score (nSPS) is 11.9. The van der Waals surface area contributed by atoms with E-state index < -0.39 is 5.60 Å². The van der Waals surface area contributed by atoms with E-state index in [1.165, 1.54) is 22.3 Å². The van der Waals surface area contributed by atoms with Crippen LogP contribution in [-0.2, 0) is 12.1 Å². The molecule has 1 N–H and O–H groups in total. The molecule has 0 aliphatic heterocycles. The predicted octanol–water partition coefficient (Wildman–Crippen LogP) is 2.48. The van der Waals surface area contributed by atoms with Gasteiger partial charge in [0.1, 0.15) is 11.3 Å². The van der Waals surface area contributed by atoms with Crippen molar-refractivity contribution in [3.63, 3.8) is 0 Å². The Hall–Kier alpha value is -1.68. The number of rotatable bonds is 3. The lowest BCUT2D eigenvalue weighted by Crippen LogP contribution is -2.15. The summed E-state index contributed by atoms with van der Waals surface area (Å²) in [6.45, 7) is 10.4. The molecule has 0 radical (unpaired) electrons. The van der Waals surface area contributed by atoms with Crippen molar-refractivity contribution in [2.75, 3.05) is 0 Å². The second kappa shape index (κ2) is 4.78. The highest BCUT2D eigenvalue weighted by Gasteiger charge is 2.20. The molecule has 102 valence electrons. The van der Waals surface area contributed by atoms with E-state index in [0.717, 1.165) is 0 Å². The van der Waals surface area contributed by atoms with Crippen LogP contribution in [0.1, 0.15) is 41.8 Å². The highest BCUT2D eigenvalue weighted by Crippen LogP contribution is 2.19. The summed E-state index contributed by atoms with van der Waals surface area (Å²) in [5.41, 5.74) is 4.70. The number of benzene rings is 1. The zero-order valence-corrected chi connectivity index (χ0v) is 12.2. The third-order valence-electron chi connectivity index (χ3n) is 3.33. The lowest BCUT2D eigenvalue weighted by molar-refractivity contribution is 0.0737. The molecule has 2 rings (SSSR count). The molecule has 0 bridgehead atoms. The van der Waals surface area contributed by atoms with Gasteiger partial charge in [0.2, 0.25) is 0 Å². The molecule has 4 heteroatoms. The lowest BCUT2D eigenvalue weighted by Gasteiger charge is -2.12. The van der Waals surface area contributed by atoms with Crippen molar-refractivity contribution in [1.29, 1.82) is 0 Å². The van der Waals surface area contributed by atoms with Crippen LogP contribution in [0.15, 0.2) is 18.3 Å². The molecule has 19 heavy (non-hydrogen) atoms. The SMILES string of the molecule is Cc1cc(C)c(Cn2cc(C(C)(C)O)nn2)c(C)c1. The summed E-state index contributed by atoms with van der Waals surface area (Å²) in [7, 11) is 0. The summed E-state index contributed by atoms with van der Waals surface area (Å²) < 4.78 is 1.78. The molecule has 0 aliphatic carbocycles. The Balaban J connectivity index is 2.30. The highest BCUT2D eigenvalue weighted by molar-refractivity contribution is 5.37. The monoisotopic (exact) mass is 259 g/mol. The minimum atomic E-state index is -0.949. The number of hydrogen-bond acceptors (Lipinski definition) is 3. The molecule has 0 amide bonds. The van der Waals surface area contributed by atoms with Gasteiger partial charge in [-0.15, -0.1) is 5.10 Å². The van der Waals surface area contributed by atoms with Crippen LogP contribution >= 0.6 is 0 Å². The molecule has 0 aliphatic rings. The number of nitrogens with zero attached hydrogens (tertiary/aromatic N) is 3. The Morgan fingerprint density at radius 3 is 2.21 bits per heavy atom. The van der Waals surface area contributed by atoms with Crippen molar-refractivity contribution in [2.24, 2.45) is 0 Å². The van der Waals surface area contributed by atoms with Crippen LogP contribution in [0.25, 0.3) is 0 Å². The van der Waals surface area contributed by atoms with E-state index in [9.17, 15) is 5.11 Å². The van der Waals surface area contributed by atoms with Gasteiger partial charge in [-0.2, -0.15) is 0 Å². The minimum Gasteiger partial charge on any atom is -0.384 e. The zero-order valence-electron chi connectivity index (χ0n) is 12.2. The van der Waals surface area contributed by atoms with Gasteiger partial charge in [0.05, 0.1) is 12.7 Å². The van der Waals surface area contributed by atoms with Crippen molar-refractivity contribution in [2.45, 2.75) is 46.8 Å². The average molecular weight is 259 g/mol. The van der Waals surface area contributed by atoms with Crippen LogP contribution in [0.4, 0.5) is 0 Å². The molecule has 2 aromatic rings. The van der Waals surface area contributed by atoms with Crippen molar-refractivity contribution in [3.05, 3.63) is 46.3 Å². The van der Waals surface area contributed by atoms with Crippen LogP contribution in [0.2, 0.25) is 0 Å². The fourth-order valence-electron chi connectivity index (χ4n) is 2.28. The molecule has 1 aromatic heterocycles. The summed E-state index contributed by atoms with van der Waals surface area (Å²) >= 11 is 0. The van der Waals surface area contributed by atoms with E-state index in [0.29, 0.717) is 12.2 Å². The van der Waals surface area contributed by atoms with Crippen LogP contribution in [0.5, 0.6) is 0 Å². The predicted molar refractivity (Wildman–Crippen MR) is 75.0 cm³/mol. The topological polar surface area (TPSA) is 50.9 Å². The molecular formula is C15H21N3O. The molecule has 0 spiro atoms. The Morgan fingerprint density at radius 2 is 1.74 bits per heavy atom. The minimum absolute atomic E-state index is 0.593. The van der Waals surface area contributed by atoms with Crippen LogP contribution in [-0.4, -0.2) is 20.1 Å². The molecule has 0 saturated carbocycles. The molecule has 1 heterocycles. The Labute approximate surface area is 114 Å². The lowest BCUT2D eigenvalue weighted by atomic mass is 10.00. The van der Waals surface area contributed by atoms with E-state index >= 15 is 0 Å². The zero-order chi connectivity index (χ0) is 14.2. The molecule has 0 atom stereocenters. The fraction of sp³-hybridized carbons (Fsp3) is 0.467. The standard InChI is InChI=1S/C15H21N3O/c1-10-6-11(2)13(12(3)7-10)8-18-9-14(16-17-18)15(4,5)19/h6-7,9,19H,8H2,1-5H3. The van der Waals surface area contributed by atoms with Crippen LogP contribution < -0.4 is 0 Å². The van der Waals surface area contributed by atoms with E-state index in [-0.39, 0.29) is 0 Å². The first-order valence-corrected chi connectivity index (χ1v) is 6.47. The third-order valence-corrected chi connectivity index (χ3v) is 3.33. The van der Waals surface area contributed by atoms with E-state index in [1.807, 2.05) is 0 Å². The van der Waals surface area contributed by atoms with Gasteiger partial charge in [0.15, 0.2) is 0 Å². The maximum absolute atomic E-state index is 9.90. The number of aromatic nitrogens is 3. The van der Waals surface area contributed by atoms with E-state index in [2.05, 4.69) is 43.2 Å². The first-order valence-electron chi connectivity index (χ1n) is 6.47. The molecule has 0 fully saturated rings. The van der Waals surface area contributed by atoms with E-state index in [4.69, 9.17) is 0 Å². The summed E-state index contributed by atoms with van der Waals surface area (Å²) in [6, 6.07) is 4.35. The number of aryl methyl sites for hydroxylation is 3.